The fraction of sp³-hybridized carbons (Fsp3) is 0.250. The Morgan fingerprint density at radius 2 is 1.84 bits per heavy atom. The van der Waals surface area contributed by atoms with Crippen molar-refractivity contribution in [3.63, 3.8) is 0 Å². The normalized spacial score (nSPS) is 18.9. The molecule has 7 nitrogen and oxygen atoms in total. The second-order valence-electron chi connectivity index (χ2n) is 6.90. The zero-order valence-corrected chi connectivity index (χ0v) is 16.5. The first-order valence-electron chi connectivity index (χ1n) is 9.14. The molecule has 31 heavy (non-hydrogen) atoms. The molecule has 0 spiro atoms. The number of likely N-dealkylation sites (tertiary alicyclic amines) is 1. The Morgan fingerprint density at radius 1 is 1.16 bits per heavy atom. The second-order valence-corrected chi connectivity index (χ2v) is 7.33. The average Bonchev–Trinajstić information content (AvgIpc) is 3.34. The molecule has 2 heterocycles. The molecule has 3 aromatic rings. The quantitative estimate of drug-likeness (QED) is 0.635. The molecule has 162 valence electrons. The van der Waals surface area contributed by atoms with Crippen LogP contribution >= 0.6 is 11.6 Å². The number of nitrogens with zero attached hydrogens (tertiary/aromatic N) is 3. The number of aliphatic hydroxyl groups is 1. The summed E-state index contributed by atoms with van der Waals surface area (Å²) in [6.07, 6.45) is -5.35. The van der Waals surface area contributed by atoms with Crippen molar-refractivity contribution < 1.29 is 32.3 Å². The van der Waals surface area contributed by atoms with Gasteiger partial charge >= 0.3 is 6.36 Å². The third kappa shape index (κ3) is 4.80. The van der Waals surface area contributed by atoms with E-state index in [2.05, 4.69) is 14.9 Å². The Kier molecular flexibility index (Phi) is 5.59. The van der Waals surface area contributed by atoms with Crippen molar-refractivity contribution in [3.05, 3.63) is 65.0 Å². The fourth-order valence-electron chi connectivity index (χ4n) is 3.32. The van der Waals surface area contributed by atoms with E-state index in [4.69, 9.17) is 16.1 Å². The van der Waals surface area contributed by atoms with Gasteiger partial charge in [-0.15, -0.1) is 13.2 Å². The molecule has 0 aliphatic carbocycles. The van der Waals surface area contributed by atoms with Crippen LogP contribution in [0.3, 0.4) is 0 Å². The first-order valence-corrected chi connectivity index (χ1v) is 9.52. The lowest BCUT2D eigenvalue weighted by Gasteiger charge is -2.21. The monoisotopic (exact) mass is 453 g/mol. The van der Waals surface area contributed by atoms with Gasteiger partial charge in [0.2, 0.25) is 11.7 Å². The summed E-state index contributed by atoms with van der Waals surface area (Å²) in [5.74, 6) is -0.455. The molecule has 1 saturated heterocycles. The molecule has 4 rings (SSSR count). The Labute approximate surface area is 179 Å². The predicted octanol–water partition coefficient (Wildman–Crippen LogP) is 4.24. The van der Waals surface area contributed by atoms with E-state index in [1.165, 1.54) is 17.0 Å². The van der Waals surface area contributed by atoms with Crippen LogP contribution in [0.25, 0.3) is 11.4 Å². The zero-order chi connectivity index (χ0) is 22.2. The number of carbonyl (C=O) groups excluding carboxylic acids is 1. The van der Waals surface area contributed by atoms with Crippen molar-refractivity contribution in [2.45, 2.75) is 24.9 Å². The van der Waals surface area contributed by atoms with E-state index in [1.807, 2.05) is 0 Å². The standard InChI is InChI=1S/C20H15ClF3N3O4/c21-13-5-1-12(2-6-13)19(29)27-10-14(28)9-16(27)18-25-17(26-31-18)11-3-7-15(8-4-11)30-20(22,23)24/h1-8,14,16,28H,9-10H2/t14-,16?/m0/s1. The summed E-state index contributed by atoms with van der Waals surface area (Å²) in [5, 5.41) is 14.4. The number of amides is 1. The highest BCUT2D eigenvalue weighted by atomic mass is 35.5. The van der Waals surface area contributed by atoms with Crippen molar-refractivity contribution in [3.8, 4) is 17.1 Å². The predicted molar refractivity (Wildman–Crippen MR) is 102 cm³/mol. The molecule has 2 aromatic carbocycles. The summed E-state index contributed by atoms with van der Waals surface area (Å²) in [6.45, 7) is 0.0906. The molecule has 1 unspecified atom stereocenters. The number of hydrogen-bond acceptors (Lipinski definition) is 6. The van der Waals surface area contributed by atoms with Crippen molar-refractivity contribution >= 4 is 17.5 Å². The third-order valence-electron chi connectivity index (χ3n) is 4.70. The number of carbonyl (C=O) groups is 1. The van der Waals surface area contributed by atoms with Gasteiger partial charge in [-0.3, -0.25) is 4.79 Å². The van der Waals surface area contributed by atoms with Crippen molar-refractivity contribution in [2.24, 2.45) is 0 Å². The lowest BCUT2D eigenvalue weighted by Crippen LogP contribution is -2.31. The van der Waals surface area contributed by atoms with Crippen LogP contribution in [0.1, 0.15) is 28.7 Å². The van der Waals surface area contributed by atoms with Crippen LogP contribution in [-0.4, -0.2) is 45.1 Å². The minimum atomic E-state index is -4.79. The van der Waals surface area contributed by atoms with Crippen LogP contribution in [0, 0.1) is 0 Å². The Morgan fingerprint density at radius 3 is 2.48 bits per heavy atom. The largest absolute Gasteiger partial charge is 0.573 e. The van der Waals surface area contributed by atoms with Gasteiger partial charge in [0, 0.05) is 29.1 Å². The van der Waals surface area contributed by atoms with E-state index in [-0.39, 0.29) is 36.3 Å². The highest BCUT2D eigenvalue weighted by Gasteiger charge is 2.39. The Hall–Kier alpha value is -3.11. The number of rotatable bonds is 4. The van der Waals surface area contributed by atoms with Crippen molar-refractivity contribution in [1.82, 2.24) is 15.0 Å². The molecule has 1 amide bonds. The molecule has 11 heteroatoms. The highest BCUT2D eigenvalue weighted by molar-refractivity contribution is 6.30. The third-order valence-corrected chi connectivity index (χ3v) is 4.96. The van der Waals surface area contributed by atoms with Crippen LogP contribution < -0.4 is 4.74 Å². The molecule has 1 aliphatic rings. The Bertz CT molecular complexity index is 1070. The van der Waals surface area contributed by atoms with E-state index in [9.17, 15) is 23.1 Å². The number of ether oxygens (including phenoxy) is 1. The lowest BCUT2D eigenvalue weighted by molar-refractivity contribution is -0.274. The Balaban J connectivity index is 1.54. The summed E-state index contributed by atoms with van der Waals surface area (Å²) < 4.78 is 46.0. The number of aliphatic hydroxyl groups excluding tert-OH is 1. The number of halogens is 4. The minimum Gasteiger partial charge on any atom is -0.406 e. The van der Waals surface area contributed by atoms with Gasteiger partial charge in [0.25, 0.3) is 5.91 Å². The van der Waals surface area contributed by atoms with Gasteiger partial charge in [0.1, 0.15) is 11.8 Å². The maximum atomic E-state index is 12.9. The van der Waals surface area contributed by atoms with E-state index < -0.39 is 18.5 Å². The van der Waals surface area contributed by atoms with Gasteiger partial charge in [-0.25, -0.2) is 0 Å². The summed E-state index contributed by atoms with van der Waals surface area (Å²) in [4.78, 5) is 18.6. The SMILES string of the molecule is O=C(c1ccc(Cl)cc1)N1C[C@@H](O)CC1c1nc(-c2ccc(OC(F)(F)F)cc2)no1. The van der Waals surface area contributed by atoms with Gasteiger partial charge in [0.15, 0.2) is 0 Å². The molecule has 0 bridgehead atoms. The van der Waals surface area contributed by atoms with E-state index >= 15 is 0 Å². The van der Waals surface area contributed by atoms with E-state index in [0.29, 0.717) is 16.1 Å². The van der Waals surface area contributed by atoms with Gasteiger partial charge < -0.3 is 19.3 Å². The fourth-order valence-corrected chi connectivity index (χ4v) is 3.45. The highest BCUT2D eigenvalue weighted by Crippen LogP contribution is 2.34. The van der Waals surface area contributed by atoms with Crippen LogP contribution in [0.4, 0.5) is 13.2 Å². The molecule has 1 aliphatic heterocycles. The number of benzene rings is 2. The molecular formula is C20H15ClF3N3O4. The van der Waals surface area contributed by atoms with Crippen molar-refractivity contribution in [2.75, 3.05) is 6.54 Å². The summed E-state index contributed by atoms with van der Waals surface area (Å²) in [7, 11) is 0. The van der Waals surface area contributed by atoms with Crippen molar-refractivity contribution in [1.29, 1.82) is 0 Å². The zero-order valence-electron chi connectivity index (χ0n) is 15.7. The first kappa shape index (κ1) is 21.1. The number of alkyl halides is 3. The van der Waals surface area contributed by atoms with Gasteiger partial charge in [-0.2, -0.15) is 4.98 Å². The topological polar surface area (TPSA) is 88.7 Å². The van der Waals surface area contributed by atoms with Crippen LogP contribution in [0.5, 0.6) is 5.75 Å². The molecule has 0 radical (unpaired) electrons. The summed E-state index contributed by atoms with van der Waals surface area (Å²) >= 11 is 5.86. The maximum absolute atomic E-state index is 12.9. The number of hydrogen-bond donors (Lipinski definition) is 1. The van der Waals surface area contributed by atoms with Gasteiger partial charge in [0.05, 0.1) is 6.10 Å². The maximum Gasteiger partial charge on any atom is 0.573 e. The molecule has 2 atom stereocenters. The van der Waals surface area contributed by atoms with Crippen LogP contribution in [-0.2, 0) is 0 Å². The van der Waals surface area contributed by atoms with Gasteiger partial charge in [-0.1, -0.05) is 16.8 Å². The smallest absolute Gasteiger partial charge is 0.406 e. The summed E-state index contributed by atoms with van der Waals surface area (Å²) in [6, 6.07) is 10.7. The molecule has 0 saturated carbocycles. The molecule has 1 fully saturated rings. The van der Waals surface area contributed by atoms with E-state index in [1.54, 1.807) is 24.3 Å². The van der Waals surface area contributed by atoms with Crippen LogP contribution in [0.2, 0.25) is 5.02 Å². The summed E-state index contributed by atoms with van der Waals surface area (Å²) in [5.41, 5.74) is 0.794. The molecular weight excluding hydrogens is 439 g/mol. The number of aromatic nitrogens is 2. The molecule has 1 N–H and O–H groups in total. The first-order chi connectivity index (χ1) is 14.7. The van der Waals surface area contributed by atoms with Crippen LogP contribution in [0.15, 0.2) is 53.1 Å². The van der Waals surface area contributed by atoms with Gasteiger partial charge in [-0.05, 0) is 48.5 Å². The lowest BCUT2D eigenvalue weighted by atomic mass is 10.1. The van der Waals surface area contributed by atoms with E-state index in [0.717, 1.165) is 12.1 Å². The minimum absolute atomic E-state index is 0.0906. The second kappa shape index (κ2) is 8.20. The number of β-amino-alcohol motifs (C(OH)–C–C–N with tert-alkyl or cyclic N) is 1. The molecule has 1 aromatic heterocycles. The average molecular weight is 454 g/mol.